The molecule has 0 atom stereocenters. The Morgan fingerprint density at radius 1 is 1.21 bits per heavy atom. The average Bonchev–Trinajstić information content (AvgIpc) is 2.45. The summed E-state index contributed by atoms with van der Waals surface area (Å²) in [5, 5.41) is 0. The number of nitrogens with two attached hydrogens (primary N) is 1. The van der Waals surface area contributed by atoms with Crippen LogP contribution in [0.4, 0.5) is 0 Å². The van der Waals surface area contributed by atoms with Crippen LogP contribution in [0.15, 0.2) is 42.6 Å². The van der Waals surface area contributed by atoms with E-state index in [4.69, 9.17) is 10.5 Å². The van der Waals surface area contributed by atoms with Gasteiger partial charge in [-0.05, 0) is 30.7 Å². The second-order valence-corrected chi connectivity index (χ2v) is 4.06. The number of nitrogens with zero attached hydrogens (tertiary/aromatic N) is 1. The number of hydrogen-bond donors (Lipinski definition) is 1. The molecule has 0 radical (unpaired) electrons. The molecule has 1 heterocycles. The van der Waals surface area contributed by atoms with Gasteiger partial charge in [0.1, 0.15) is 12.4 Å². The third-order valence-corrected chi connectivity index (χ3v) is 2.69. The zero-order valence-electron chi connectivity index (χ0n) is 10.9. The molecule has 1 aromatic heterocycles. The van der Waals surface area contributed by atoms with E-state index in [-0.39, 0.29) is 0 Å². The Balaban J connectivity index is 2.14. The van der Waals surface area contributed by atoms with Crippen LogP contribution < -0.4 is 10.5 Å². The molecule has 1 aromatic carbocycles. The maximum Gasteiger partial charge on any atom is 0.135 e. The Bertz CT molecular complexity index is 611. The number of hydrogen-bond acceptors (Lipinski definition) is 3. The maximum absolute atomic E-state index is 5.80. The van der Waals surface area contributed by atoms with Crippen LogP contribution in [0.3, 0.4) is 0 Å². The van der Waals surface area contributed by atoms with Gasteiger partial charge in [0.25, 0.3) is 0 Å². The van der Waals surface area contributed by atoms with Crippen LogP contribution in [0.5, 0.6) is 5.75 Å². The lowest BCUT2D eigenvalue weighted by molar-refractivity contribution is 0.299. The summed E-state index contributed by atoms with van der Waals surface area (Å²) in [5.74, 6) is 6.60. The normalized spacial score (nSPS) is 9.58. The van der Waals surface area contributed by atoms with E-state index in [9.17, 15) is 0 Å². The summed E-state index contributed by atoms with van der Waals surface area (Å²) >= 11 is 0. The highest BCUT2D eigenvalue weighted by Crippen LogP contribution is 2.18. The van der Waals surface area contributed by atoms with Crippen LogP contribution in [-0.2, 0) is 6.61 Å². The van der Waals surface area contributed by atoms with Gasteiger partial charge < -0.3 is 10.5 Å². The topological polar surface area (TPSA) is 48.1 Å². The van der Waals surface area contributed by atoms with Crippen molar-refractivity contribution in [1.29, 1.82) is 0 Å². The largest absolute Gasteiger partial charge is 0.486 e. The van der Waals surface area contributed by atoms with Crippen molar-refractivity contribution in [1.82, 2.24) is 4.98 Å². The maximum atomic E-state index is 5.80. The lowest BCUT2D eigenvalue weighted by Gasteiger charge is -2.09. The van der Waals surface area contributed by atoms with Crippen LogP contribution in [0.25, 0.3) is 0 Å². The van der Waals surface area contributed by atoms with Gasteiger partial charge in [0, 0.05) is 6.20 Å². The molecule has 2 N–H and O–H groups in total. The summed E-state index contributed by atoms with van der Waals surface area (Å²) in [5.41, 5.74) is 8.29. The standard InChI is InChI=1S/C16H16N2O/c1-13-6-5-11-18-15(13)12-19-16-9-3-2-7-14(16)8-4-10-17/h2-3,5-7,9,11H,10,12,17H2,1H3. The number of aryl methyl sites for hydroxylation is 1. The molecule has 0 saturated heterocycles. The summed E-state index contributed by atoms with van der Waals surface area (Å²) in [6.45, 7) is 2.80. The highest BCUT2D eigenvalue weighted by atomic mass is 16.5. The third kappa shape index (κ3) is 3.57. The number of rotatable bonds is 3. The first-order chi connectivity index (χ1) is 9.31. The van der Waals surface area contributed by atoms with E-state index in [2.05, 4.69) is 16.8 Å². The Kier molecular flexibility index (Phi) is 4.54. The molecule has 19 heavy (non-hydrogen) atoms. The van der Waals surface area contributed by atoms with Crippen molar-refractivity contribution in [2.45, 2.75) is 13.5 Å². The van der Waals surface area contributed by atoms with E-state index in [1.807, 2.05) is 43.3 Å². The van der Waals surface area contributed by atoms with Crippen molar-refractivity contribution in [3.63, 3.8) is 0 Å². The number of aromatic nitrogens is 1. The number of para-hydroxylation sites is 1. The van der Waals surface area contributed by atoms with Crippen molar-refractivity contribution in [2.75, 3.05) is 6.54 Å². The van der Waals surface area contributed by atoms with E-state index in [0.29, 0.717) is 13.2 Å². The highest BCUT2D eigenvalue weighted by Gasteiger charge is 2.03. The summed E-state index contributed by atoms with van der Waals surface area (Å²) < 4.78 is 5.80. The molecule has 2 aromatic rings. The molecular formula is C16H16N2O. The van der Waals surface area contributed by atoms with Gasteiger partial charge in [0.05, 0.1) is 17.8 Å². The number of benzene rings is 1. The average molecular weight is 252 g/mol. The number of ether oxygens (including phenoxy) is 1. The fraction of sp³-hybridized carbons (Fsp3) is 0.188. The van der Waals surface area contributed by atoms with Gasteiger partial charge in [-0.2, -0.15) is 0 Å². The van der Waals surface area contributed by atoms with E-state index in [1.54, 1.807) is 6.20 Å². The number of pyridine rings is 1. The minimum atomic E-state index is 0.341. The van der Waals surface area contributed by atoms with Crippen LogP contribution in [0.2, 0.25) is 0 Å². The molecule has 0 bridgehead atoms. The summed E-state index contributed by atoms with van der Waals surface area (Å²) in [4.78, 5) is 4.30. The monoisotopic (exact) mass is 252 g/mol. The second-order valence-electron chi connectivity index (χ2n) is 4.06. The van der Waals surface area contributed by atoms with Gasteiger partial charge in [-0.1, -0.05) is 30.0 Å². The zero-order valence-corrected chi connectivity index (χ0v) is 10.9. The van der Waals surface area contributed by atoms with Crippen molar-refractivity contribution in [3.05, 3.63) is 59.4 Å². The zero-order chi connectivity index (χ0) is 13.5. The molecule has 0 aliphatic rings. The van der Waals surface area contributed by atoms with E-state index in [1.165, 1.54) is 0 Å². The van der Waals surface area contributed by atoms with Crippen LogP contribution >= 0.6 is 0 Å². The van der Waals surface area contributed by atoms with Gasteiger partial charge in [0.2, 0.25) is 0 Å². The van der Waals surface area contributed by atoms with Crippen molar-refractivity contribution < 1.29 is 4.74 Å². The fourth-order valence-corrected chi connectivity index (χ4v) is 1.66. The third-order valence-electron chi connectivity index (χ3n) is 2.69. The molecule has 3 heteroatoms. The molecule has 0 aliphatic heterocycles. The Morgan fingerprint density at radius 2 is 2.05 bits per heavy atom. The minimum absolute atomic E-state index is 0.341. The van der Waals surface area contributed by atoms with Crippen LogP contribution in [0, 0.1) is 18.8 Å². The van der Waals surface area contributed by atoms with Crippen molar-refractivity contribution in [2.24, 2.45) is 5.73 Å². The van der Waals surface area contributed by atoms with Gasteiger partial charge in [-0.3, -0.25) is 4.98 Å². The van der Waals surface area contributed by atoms with E-state index in [0.717, 1.165) is 22.6 Å². The van der Waals surface area contributed by atoms with Crippen molar-refractivity contribution >= 4 is 0 Å². The molecule has 3 nitrogen and oxygen atoms in total. The van der Waals surface area contributed by atoms with Gasteiger partial charge in [-0.25, -0.2) is 0 Å². The Hall–Kier alpha value is -2.31. The first-order valence-corrected chi connectivity index (χ1v) is 6.12. The fourth-order valence-electron chi connectivity index (χ4n) is 1.66. The predicted octanol–water partition coefficient (Wildman–Crippen LogP) is 2.28. The molecule has 96 valence electrons. The first-order valence-electron chi connectivity index (χ1n) is 6.12. The summed E-state index contributed by atoms with van der Waals surface area (Å²) in [6, 6.07) is 11.6. The lowest BCUT2D eigenvalue weighted by atomic mass is 10.2. The predicted molar refractivity (Wildman–Crippen MR) is 75.7 cm³/mol. The smallest absolute Gasteiger partial charge is 0.135 e. The minimum Gasteiger partial charge on any atom is -0.486 e. The SMILES string of the molecule is Cc1cccnc1COc1ccccc1C#CCN. The van der Waals surface area contributed by atoms with Crippen LogP contribution in [-0.4, -0.2) is 11.5 Å². The van der Waals surface area contributed by atoms with Crippen molar-refractivity contribution in [3.8, 4) is 17.6 Å². The summed E-state index contributed by atoms with van der Waals surface area (Å²) in [7, 11) is 0. The summed E-state index contributed by atoms with van der Waals surface area (Å²) in [6.07, 6.45) is 1.77. The van der Waals surface area contributed by atoms with E-state index < -0.39 is 0 Å². The lowest BCUT2D eigenvalue weighted by Crippen LogP contribution is -2.01. The molecule has 0 fully saturated rings. The molecule has 0 aliphatic carbocycles. The Morgan fingerprint density at radius 3 is 2.84 bits per heavy atom. The van der Waals surface area contributed by atoms with Crippen LogP contribution in [0.1, 0.15) is 16.8 Å². The molecule has 0 saturated carbocycles. The van der Waals surface area contributed by atoms with E-state index >= 15 is 0 Å². The van der Waals surface area contributed by atoms with Gasteiger partial charge in [-0.15, -0.1) is 0 Å². The molecular weight excluding hydrogens is 236 g/mol. The molecule has 0 unspecified atom stereocenters. The van der Waals surface area contributed by atoms with Gasteiger partial charge >= 0.3 is 0 Å². The first kappa shape index (κ1) is 13.1. The van der Waals surface area contributed by atoms with Gasteiger partial charge in [0.15, 0.2) is 0 Å². The molecule has 0 amide bonds. The Labute approximate surface area is 113 Å². The quantitative estimate of drug-likeness (QED) is 0.852. The molecule has 2 rings (SSSR count). The highest BCUT2D eigenvalue weighted by molar-refractivity contribution is 5.46. The molecule has 0 spiro atoms. The second kappa shape index (κ2) is 6.58.